The fourth-order valence-electron chi connectivity index (χ4n) is 3.43. The highest BCUT2D eigenvalue weighted by Gasteiger charge is 2.25. The first-order valence-electron chi connectivity index (χ1n) is 8.51. The average molecular weight is 277 g/mol. The Balaban J connectivity index is 2.22. The molecule has 0 aliphatic heterocycles. The van der Waals surface area contributed by atoms with E-state index in [0.717, 1.165) is 17.9 Å². The summed E-state index contributed by atoms with van der Waals surface area (Å²) >= 11 is 0. The molecule has 0 radical (unpaired) electrons. The molecule has 0 spiro atoms. The van der Waals surface area contributed by atoms with Crippen LogP contribution in [0.2, 0.25) is 0 Å². The van der Waals surface area contributed by atoms with E-state index < -0.39 is 0 Å². The van der Waals surface area contributed by atoms with E-state index in [1.54, 1.807) is 0 Å². The zero-order valence-corrected chi connectivity index (χ0v) is 13.5. The predicted octanol–water partition coefficient (Wildman–Crippen LogP) is 4.83. The molecule has 1 aromatic heterocycles. The van der Waals surface area contributed by atoms with Crippen molar-refractivity contribution in [2.45, 2.75) is 90.5 Å². The van der Waals surface area contributed by atoms with Gasteiger partial charge in [0, 0.05) is 12.0 Å². The number of aromatic nitrogens is 2. The third-order valence-corrected chi connectivity index (χ3v) is 4.56. The van der Waals surface area contributed by atoms with Crippen molar-refractivity contribution in [3.8, 4) is 0 Å². The SMILES string of the molecule is CCCCCc1nc(C2CCCCC2)n(C(C)C)c1N. The lowest BCUT2D eigenvalue weighted by Crippen LogP contribution is -2.15. The molecule has 1 heterocycles. The van der Waals surface area contributed by atoms with E-state index in [4.69, 9.17) is 10.7 Å². The minimum Gasteiger partial charge on any atom is -0.384 e. The second-order valence-corrected chi connectivity index (χ2v) is 6.56. The monoisotopic (exact) mass is 277 g/mol. The molecule has 1 aliphatic carbocycles. The van der Waals surface area contributed by atoms with Crippen molar-refractivity contribution in [1.82, 2.24) is 9.55 Å². The van der Waals surface area contributed by atoms with Gasteiger partial charge in [-0.25, -0.2) is 4.98 Å². The van der Waals surface area contributed by atoms with E-state index in [-0.39, 0.29) is 0 Å². The molecule has 1 saturated carbocycles. The first-order chi connectivity index (χ1) is 9.65. The summed E-state index contributed by atoms with van der Waals surface area (Å²) in [7, 11) is 0. The Hall–Kier alpha value is -0.990. The van der Waals surface area contributed by atoms with Crippen LogP contribution in [0.1, 0.15) is 95.6 Å². The number of nitrogens with two attached hydrogens (primary N) is 1. The summed E-state index contributed by atoms with van der Waals surface area (Å²) < 4.78 is 2.30. The summed E-state index contributed by atoms with van der Waals surface area (Å²) in [4.78, 5) is 4.96. The first-order valence-corrected chi connectivity index (χ1v) is 8.51. The number of rotatable bonds is 6. The Labute approximate surface area is 124 Å². The van der Waals surface area contributed by atoms with Crippen LogP contribution in [0, 0.1) is 0 Å². The lowest BCUT2D eigenvalue weighted by Gasteiger charge is -2.24. The number of imidazole rings is 1. The molecule has 0 bridgehead atoms. The van der Waals surface area contributed by atoms with Gasteiger partial charge in [0.05, 0.1) is 5.69 Å². The number of nitrogens with zero attached hydrogens (tertiary/aromatic N) is 2. The number of nitrogen functional groups attached to an aromatic ring is 1. The quantitative estimate of drug-likeness (QED) is 0.757. The standard InChI is InChI=1S/C17H31N3/c1-4-5-7-12-15-16(18)20(13(2)3)17(19-15)14-10-8-6-9-11-14/h13-14H,4-12,18H2,1-3H3. The molecule has 3 nitrogen and oxygen atoms in total. The molecule has 1 fully saturated rings. The maximum atomic E-state index is 6.39. The molecule has 2 N–H and O–H groups in total. The third kappa shape index (κ3) is 3.36. The number of anilines is 1. The zero-order valence-electron chi connectivity index (χ0n) is 13.5. The fourth-order valence-corrected chi connectivity index (χ4v) is 3.43. The summed E-state index contributed by atoms with van der Waals surface area (Å²) in [5.41, 5.74) is 7.54. The van der Waals surface area contributed by atoms with Gasteiger partial charge in [-0.2, -0.15) is 0 Å². The molecule has 0 atom stereocenters. The molecule has 2 rings (SSSR count). The van der Waals surface area contributed by atoms with E-state index in [9.17, 15) is 0 Å². The summed E-state index contributed by atoms with van der Waals surface area (Å²) in [5.74, 6) is 2.83. The maximum Gasteiger partial charge on any atom is 0.127 e. The van der Waals surface area contributed by atoms with Crippen LogP contribution in [0.25, 0.3) is 0 Å². The van der Waals surface area contributed by atoms with E-state index >= 15 is 0 Å². The molecular formula is C17H31N3. The van der Waals surface area contributed by atoms with Crippen LogP contribution in [0.3, 0.4) is 0 Å². The van der Waals surface area contributed by atoms with Crippen LogP contribution in [0.5, 0.6) is 0 Å². The van der Waals surface area contributed by atoms with Crippen LogP contribution < -0.4 is 5.73 Å². The van der Waals surface area contributed by atoms with Gasteiger partial charge in [-0.15, -0.1) is 0 Å². The molecule has 20 heavy (non-hydrogen) atoms. The van der Waals surface area contributed by atoms with E-state index in [1.165, 1.54) is 57.2 Å². The van der Waals surface area contributed by atoms with Crippen LogP contribution >= 0.6 is 0 Å². The highest BCUT2D eigenvalue weighted by molar-refractivity contribution is 5.40. The minimum atomic E-state index is 0.416. The Morgan fingerprint density at radius 3 is 2.50 bits per heavy atom. The molecule has 0 aromatic carbocycles. The Bertz CT molecular complexity index is 414. The highest BCUT2D eigenvalue weighted by atomic mass is 15.2. The topological polar surface area (TPSA) is 43.8 Å². The summed E-state index contributed by atoms with van der Waals surface area (Å²) in [5, 5.41) is 0. The van der Waals surface area contributed by atoms with Gasteiger partial charge in [0.15, 0.2) is 0 Å². The van der Waals surface area contributed by atoms with Crippen molar-refractivity contribution < 1.29 is 0 Å². The normalized spacial score (nSPS) is 17.0. The molecule has 1 aromatic rings. The molecule has 0 amide bonds. The van der Waals surface area contributed by atoms with Crippen LogP contribution in [0.4, 0.5) is 5.82 Å². The minimum absolute atomic E-state index is 0.416. The third-order valence-electron chi connectivity index (χ3n) is 4.56. The lowest BCUT2D eigenvalue weighted by molar-refractivity contribution is 0.407. The Morgan fingerprint density at radius 1 is 1.20 bits per heavy atom. The Kier molecular flexibility index (Phi) is 5.50. The van der Waals surface area contributed by atoms with E-state index in [1.807, 2.05) is 0 Å². The van der Waals surface area contributed by atoms with Gasteiger partial charge in [0.1, 0.15) is 11.6 Å². The van der Waals surface area contributed by atoms with Gasteiger partial charge in [-0.05, 0) is 39.5 Å². The summed E-state index contributed by atoms with van der Waals surface area (Å²) in [6.07, 6.45) is 11.4. The van der Waals surface area contributed by atoms with Gasteiger partial charge < -0.3 is 10.3 Å². The summed E-state index contributed by atoms with van der Waals surface area (Å²) in [6, 6.07) is 0.416. The molecule has 0 unspecified atom stereocenters. The van der Waals surface area contributed by atoms with Gasteiger partial charge in [0.25, 0.3) is 0 Å². The van der Waals surface area contributed by atoms with Crippen molar-refractivity contribution in [2.24, 2.45) is 0 Å². The number of aryl methyl sites for hydroxylation is 1. The number of hydrogen-bond acceptors (Lipinski definition) is 2. The van der Waals surface area contributed by atoms with E-state index in [2.05, 4.69) is 25.3 Å². The molecule has 114 valence electrons. The number of hydrogen-bond donors (Lipinski definition) is 1. The van der Waals surface area contributed by atoms with Crippen molar-refractivity contribution in [2.75, 3.05) is 5.73 Å². The van der Waals surface area contributed by atoms with Crippen molar-refractivity contribution >= 4 is 5.82 Å². The lowest BCUT2D eigenvalue weighted by atomic mass is 9.88. The predicted molar refractivity (Wildman–Crippen MR) is 86.1 cm³/mol. The second-order valence-electron chi connectivity index (χ2n) is 6.56. The van der Waals surface area contributed by atoms with Crippen molar-refractivity contribution in [3.63, 3.8) is 0 Å². The van der Waals surface area contributed by atoms with Gasteiger partial charge >= 0.3 is 0 Å². The van der Waals surface area contributed by atoms with Crippen molar-refractivity contribution in [1.29, 1.82) is 0 Å². The molecule has 3 heteroatoms. The first kappa shape index (κ1) is 15.4. The van der Waals surface area contributed by atoms with Gasteiger partial charge in [-0.3, -0.25) is 0 Å². The second kappa shape index (κ2) is 7.14. The van der Waals surface area contributed by atoms with E-state index in [0.29, 0.717) is 12.0 Å². The average Bonchev–Trinajstić information content (AvgIpc) is 2.77. The van der Waals surface area contributed by atoms with Crippen molar-refractivity contribution in [3.05, 3.63) is 11.5 Å². The molecular weight excluding hydrogens is 246 g/mol. The van der Waals surface area contributed by atoms with Crippen LogP contribution in [-0.2, 0) is 6.42 Å². The molecule has 0 saturated heterocycles. The van der Waals surface area contributed by atoms with Gasteiger partial charge in [-0.1, -0.05) is 39.0 Å². The Morgan fingerprint density at radius 2 is 1.90 bits per heavy atom. The van der Waals surface area contributed by atoms with Crippen LogP contribution in [-0.4, -0.2) is 9.55 Å². The van der Waals surface area contributed by atoms with Crippen LogP contribution in [0.15, 0.2) is 0 Å². The molecule has 1 aliphatic rings. The highest BCUT2D eigenvalue weighted by Crippen LogP contribution is 2.35. The smallest absolute Gasteiger partial charge is 0.127 e. The van der Waals surface area contributed by atoms with Gasteiger partial charge in [0.2, 0.25) is 0 Å². The largest absolute Gasteiger partial charge is 0.384 e. The number of unbranched alkanes of at least 4 members (excludes halogenated alkanes) is 2. The maximum absolute atomic E-state index is 6.39. The fraction of sp³-hybridized carbons (Fsp3) is 0.824. The zero-order chi connectivity index (χ0) is 14.5. The summed E-state index contributed by atoms with van der Waals surface area (Å²) in [6.45, 7) is 6.68.